The Morgan fingerprint density at radius 1 is 1.10 bits per heavy atom. The number of hydrogen-bond acceptors (Lipinski definition) is 3. The minimum absolute atomic E-state index is 0.161. The van der Waals surface area contributed by atoms with Gasteiger partial charge < -0.3 is 4.74 Å². The molecule has 0 aliphatic heterocycles. The number of rotatable bonds is 3. The van der Waals surface area contributed by atoms with Crippen LogP contribution < -0.4 is 4.74 Å². The molecule has 0 heterocycles. The van der Waals surface area contributed by atoms with Crippen molar-refractivity contribution in [3.8, 4) is 17.6 Å². The number of Topliss-reactive ketones (excluding diaryl/α,β-unsaturated/α-hetero) is 1. The Morgan fingerprint density at radius 3 is 2.45 bits per heavy atom. The highest BCUT2D eigenvalue weighted by Gasteiger charge is 2.07. The van der Waals surface area contributed by atoms with Crippen LogP contribution in [0.2, 0.25) is 0 Å². The summed E-state index contributed by atoms with van der Waals surface area (Å²) in [5.74, 6) is 6.18. The van der Waals surface area contributed by atoms with Crippen LogP contribution in [0.5, 0.6) is 5.75 Å². The van der Waals surface area contributed by atoms with Gasteiger partial charge in [-0.2, -0.15) is 0 Å². The third kappa shape index (κ3) is 3.43. The van der Waals surface area contributed by atoms with Crippen LogP contribution in [0, 0.1) is 11.8 Å². The monoisotopic (exact) mass is 282 g/mol. The van der Waals surface area contributed by atoms with Gasteiger partial charge in [-0.1, -0.05) is 18.1 Å². The molecule has 0 aliphatic carbocycles. The quantitative estimate of drug-likeness (QED) is 0.488. The normalized spacial score (nSPS) is 9.50. The molecule has 0 radical (unpaired) electrons. The van der Waals surface area contributed by atoms with Crippen molar-refractivity contribution in [3.63, 3.8) is 0 Å². The van der Waals surface area contributed by atoms with Gasteiger partial charge in [-0.25, -0.2) is 0 Å². The molecule has 2 aromatic carbocycles. The van der Waals surface area contributed by atoms with E-state index in [0.29, 0.717) is 5.56 Å². The van der Waals surface area contributed by atoms with E-state index in [-0.39, 0.29) is 5.78 Å². The zero-order chi connectivity index (χ0) is 14.4. The smallest absolute Gasteiger partial charge is 0.237 e. The number of methoxy groups -OCH3 is 1. The molecule has 0 bridgehead atoms. The number of ketones is 1. The summed E-state index contributed by atoms with van der Waals surface area (Å²) in [5.41, 5.74) is 1.45. The van der Waals surface area contributed by atoms with Gasteiger partial charge in [0.2, 0.25) is 5.78 Å². The van der Waals surface area contributed by atoms with Crippen LogP contribution in [0.25, 0.3) is 0 Å². The number of thioether (sulfide) groups is 1. The number of benzene rings is 2. The van der Waals surface area contributed by atoms with E-state index in [0.717, 1.165) is 16.2 Å². The van der Waals surface area contributed by atoms with Crippen molar-refractivity contribution in [2.45, 2.75) is 4.90 Å². The summed E-state index contributed by atoms with van der Waals surface area (Å²) < 4.78 is 5.08. The molecule has 3 heteroatoms. The molecule has 2 rings (SSSR count). The molecule has 0 fully saturated rings. The lowest BCUT2D eigenvalue weighted by Crippen LogP contribution is -1.97. The molecule has 0 aliphatic rings. The zero-order valence-electron chi connectivity index (χ0n) is 11.3. The number of carbonyl (C=O) groups is 1. The van der Waals surface area contributed by atoms with Gasteiger partial charge in [-0.3, -0.25) is 4.79 Å². The summed E-state index contributed by atoms with van der Waals surface area (Å²) in [5, 5.41) is 0. The van der Waals surface area contributed by atoms with Crippen molar-refractivity contribution in [2.75, 3.05) is 13.4 Å². The van der Waals surface area contributed by atoms with Gasteiger partial charge in [0.25, 0.3) is 0 Å². The molecule has 2 nitrogen and oxygen atoms in total. The molecule has 0 atom stereocenters. The number of carbonyl (C=O) groups excluding carboxylic acids is 1. The third-order valence-electron chi connectivity index (χ3n) is 2.76. The van der Waals surface area contributed by atoms with Crippen molar-refractivity contribution in [3.05, 3.63) is 59.7 Å². The highest BCUT2D eigenvalue weighted by atomic mass is 32.2. The van der Waals surface area contributed by atoms with E-state index in [9.17, 15) is 4.79 Å². The predicted molar refractivity (Wildman–Crippen MR) is 82.4 cm³/mol. The van der Waals surface area contributed by atoms with Gasteiger partial charge in [0, 0.05) is 16.0 Å². The maximum absolute atomic E-state index is 12.1. The van der Waals surface area contributed by atoms with Crippen LogP contribution in [0.4, 0.5) is 0 Å². The Morgan fingerprint density at radius 2 is 1.80 bits per heavy atom. The van der Waals surface area contributed by atoms with Crippen molar-refractivity contribution < 1.29 is 9.53 Å². The van der Waals surface area contributed by atoms with Crippen LogP contribution in [-0.4, -0.2) is 19.1 Å². The molecule has 0 aromatic heterocycles. The highest BCUT2D eigenvalue weighted by Crippen LogP contribution is 2.20. The Balaban J connectivity index is 2.21. The van der Waals surface area contributed by atoms with E-state index in [1.807, 2.05) is 48.7 Å². The van der Waals surface area contributed by atoms with Crippen molar-refractivity contribution in [1.29, 1.82) is 0 Å². The summed E-state index contributed by atoms with van der Waals surface area (Å²) in [4.78, 5) is 13.1. The largest absolute Gasteiger partial charge is 0.497 e. The molecular formula is C17H14O2S. The fourth-order valence-corrected chi connectivity index (χ4v) is 2.30. The molecule has 0 unspecified atom stereocenters. The summed E-state index contributed by atoms with van der Waals surface area (Å²) in [6, 6.07) is 14.8. The Labute approximate surface area is 123 Å². The first-order chi connectivity index (χ1) is 9.74. The van der Waals surface area contributed by atoms with Gasteiger partial charge in [-0.15, -0.1) is 11.8 Å². The number of ether oxygens (including phenoxy) is 1. The van der Waals surface area contributed by atoms with Crippen molar-refractivity contribution >= 4 is 17.5 Å². The van der Waals surface area contributed by atoms with E-state index >= 15 is 0 Å². The Kier molecular flexibility index (Phi) is 4.86. The first-order valence-electron chi connectivity index (χ1n) is 6.08. The summed E-state index contributed by atoms with van der Waals surface area (Å²) >= 11 is 1.55. The average molecular weight is 282 g/mol. The first kappa shape index (κ1) is 14.2. The topological polar surface area (TPSA) is 26.3 Å². The second-order valence-corrected chi connectivity index (χ2v) is 4.86. The fourth-order valence-electron chi connectivity index (χ4n) is 1.70. The van der Waals surface area contributed by atoms with E-state index in [1.165, 1.54) is 0 Å². The minimum Gasteiger partial charge on any atom is -0.497 e. The van der Waals surface area contributed by atoms with Crippen LogP contribution in [0.1, 0.15) is 15.9 Å². The molecule has 100 valence electrons. The van der Waals surface area contributed by atoms with Gasteiger partial charge in [0.15, 0.2) is 0 Å². The highest BCUT2D eigenvalue weighted by molar-refractivity contribution is 7.98. The maximum Gasteiger partial charge on any atom is 0.237 e. The van der Waals surface area contributed by atoms with Gasteiger partial charge in [0.1, 0.15) is 5.75 Å². The fraction of sp³-hybridized carbons (Fsp3) is 0.118. The third-order valence-corrected chi connectivity index (χ3v) is 3.56. The van der Waals surface area contributed by atoms with Gasteiger partial charge >= 0.3 is 0 Å². The Hall–Kier alpha value is -2.18. The van der Waals surface area contributed by atoms with Crippen LogP contribution in [0.15, 0.2) is 53.4 Å². The lowest BCUT2D eigenvalue weighted by atomic mass is 10.1. The van der Waals surface area contributed by atoms with E-state index < -0.39 is 0 Å². The van der Waals surface area contributed by atoms with E-state index in [1.54, 1.807) is 24.9 Å². The molecule has 0 saturated carbocycles. The van der Waals surface area contributed by atoms with Crippen LogP contribution >= 0.6 is 11.8 Å². The molecule has 2 aromatic rings. The first-order valence-corrected chi connectivity index (χ1v) is 7.30. The van der Waals surface area contributed by atoms with Crippen molar-refractivity contribution in [1.82, 2.24) is 0 Å². The summed E-state index contributed by atoms with van der Waals surface area (Å²) in [7, 11) is 1.61. The van der Waals surface area contributed by atoms with Crippen LogP contribution in [0.3, 0.4) is 0 Å². The molecule has 20 heavy (non-hydrogen) atoms. The van der Waals surface area contributed by atoms with Gasteiger partial charge in [-0.05, 0) is 48.6 Å². The SMILES string of the molecule is COc1ccc(C#CC(=O)c2ccccc2SC)cc1. The molecule has 0 spiro atoms. The van der Waals surface area contributed by atoms with E-state index in [2.05, 4.69) is 11.8 Å². The minimum atomic E-state index is -0.161. The lowest BCUT2D eigenvalue weighted by Gasteiger charge is -2.01. The van der Waals surface area contributed by atoms with Crippen molar-refractivity contribution in [2.24, 2.45) is 0 Å². The predicted octanol–water partition coefficient (Wildman–Crippen LogP) is 3.65. The molecular weight excluding hydrogens is 268 g/mol. The summed E-state index contributed by atoms with van der Waals surface area (Å²) in [6.45, 7) is 0. The van der Waals surface area contributed by atoms with Crippen LogP contribution in [-0.2, 0) is 0 Å². The van der Waals surface area contributed by atoms with Gasteiger partial charge in [0.05, 0.1) is 7.11 Å². The molecule has 0 N–H and O–H groups in total. The zero-order valence-corrected chi connectivity index (χ0v) is 12.2. The lowest BCUT2D eigenvalue weighted by molar-refractivity contribution is 0.105. The maximum atomic E-state index is 12.1. The molecule has 0 amide bonds. The Bertz CT molecular complexity index is 663. The second kappa shape index (κ2) is 6.83. The number of hydrogen-bond donors (Lipinski definition) is 0. The second-order valence-electron chi connectivity index (χ2n) is 4.01. The van der Waals surface area contributed by atoms with E-state index in [4.69, 9.17) is 4.74 Å². The summed E-state index contributed by atoms with van der Waals surface area (Å²) in [6.07, 6.45) is 1.95. The standard InChI is InChI=1S/C17H14O2S/c1-19-14-10-7-13(8-11-14)9-12-16(18)15-5-3-4-6-17(15)20-2/h3-8,10-11H,1-2H3. The molecule has 0 saturated heterocycles. The average Bonchev–Trinajstić information content (AvgIpc) is 2.53.